The third kappa shape index (κ3) is 7.69. The molecule has 2 heterocycles. The van der Waals surface area contributed by atoms with Gasteiger partial charge in [-0.25, -0.2) is 0 Å². The van der Waals surface area contributed by atoms with Crippen molar-refractivity contribution in [2.75, 3.05) is 18.4 Å². The lowest BCUT2D eigenvalue weighted by atomic mass is 9.90. The van der Waals surface area contributed by atoms with Gasteiger partial charge in [-0.2, -0.15) is 0 Å². The van der Waals surface area contributed by atoms with Crippen LogP contribution < -0.4 is 16.4 Å². The van der Waals surface area contributed by atoms with Gasteiger partial charge in [-0.3, -0.25) is 19.2 Å². The number of nitrogens with one attached hydrogen (secondary N) is 2. The number of fused-ring (bicyclic) bond motifs is 1. The minimum absolute atomic E-state index is 0.00150. The molecule has 0 saturated carbocycles. The van der Waals surface area contributed by atoms with E-state index in [1.54, 1.807) is 19.1 Å². The summed E-state index contributed by atoms with van der Waals surface area (Å²) < 4.78 is 0. The molecule has 0 aliphatic carbocycles. The highest BCUT2D eigenvalue weighted by molar-refractivity contribution is 6.38. The van der Waals surface area contributed by atoms with Crippen molar-refractivity contribution in [3.63, 3.8) is 0 Å². The van der Waals surface area contributed by atoms with Crippen molar-refractivity contribution in [2.45, 2.75) is 89.9 Å². The second-order valence-corrected chi connectivity index (χ2v) is 12.8. The lowest BCUT2D eigenvalue weighted by molar-refractivity contribution is -0.145. The van der Waals surface area contributed by atoms with Crippen LogP contribution in [0.3, 0.4) is 0 Å². The average molecular weight is 631 g/mol. The molecule has 1 fully saturated rings. The number of piperidine rings is 1. The molecule has 1 saturated heterocycles. The summed E-state index contributed by atoms with van der Waals surface area (Å²) in [5.41, 5.74) is 8.47. The molecule has 43 heavy (non-hydrogen) atoms. The van der Waals surface area contributed by atoms with E-state index in [4.69, 9.17) is 28.9 Å². The number of hydrogen-bond acceptors (Lipinski definition) is 5. The van der Waals surface area contributed by atoms with Gasteiger partial charge in [0.25, 0.3) is 0 Å². The lowest BCUT2D eigenvalue weighted by Gasteiger charge is -2.42. The molecule has 0 aromatic heterocycles. The molecule has 9 nitrogen and oxygen atoms in total. The van der Waals surface area contributed by atoms with Crippen molar-refractivity contribution < 1.29 is 19.2 Å². The van der Waals surface area contributed by atoms with Gasteiger partial charge in [-0.15, -0.1) is 0 Å². The van der Waals surface area contributed by atoms with Gasteiger partial charge in [-0.1, -0.05) is 47.5 Å². The number of benzene rings is 2. The lowest BCUT2D eigenvalue weighted by Crippen LogP contribution is -2.56. The van der Waals surface area contributed by atoms with E-state index in [2.05, 4.69) is 24.5 Å². The first-order valence-corrected chi connectivity index (χ1v) is 15.6. The van der Waals surface area contributed by atoms with E-state index in [1.165, 1.54) is 4.90 Å². The van der Waals surface area contributed by atoms with Crippen molar-refractivity contribution in [1.29, 1.82) is 0 Å². The number of rotatable bonds is 9. The molecule has 2 aliphatic rings. The Hall–Kier alpha value is -3.14. The van der Waals surface area contributed by atoms with Gasteiger partial charge < -0.3 is 26.2 Å². The fraction of sp³-hybridized carbons (Fsp3) is 0.500. The number of carbonyl (C=O) groups is 4. The first-order chi connectivity index (χ1) is 20.4. The topological polar surface area (TPSA) is 125 Å². The predicted octanol–water partition coefficient (Wildman–Crippen LogP) is 4.60. The third-order valence-corrected chi connectivity index (χ3v) is 9.44. The third-order valence-electron chi connectivity index (χ3n) is 8.54. The average Bonchev–Trinajstić information content (AvgIpc) is 2.98. The van der Waals surface area contributed by atoms with E-state index < -0.39 is 23.9 Å². The normalized spacial score (nSPS) is 18.4. The van der Waals surface area contributed by atoms with Crippen LogP contribution in [0.4, 0.5) is 5.69 Å². The zero-order chi connectivity index (χ0) is 31.3. The summed E-state index contributed by atoms with van der Waals surface area (Å²) in [7, 11) is 0. The molecule has 2 aliphatic heterocycles. The first kappa shape index (κ1) is 32.8. The molecular weight excluding hydrogens is 589 g/mol. The number of likely N-dealkylation sites (tertiary alicyclic amines) is 1. The Bertz CT molecular complexity index is 1380. The summed E-state index contributed by atoms with van der Waals surface area (Å²) >= 11 is 12.5. The Balaban J connectivity index is 1.49. The maximum absolute atomic E-state index is 13.8. The summed E-state index contributed by atoms with van der Waals surface area (Å²) in [6.45, 7) is 6.94. The van der Waals surface area contributed by atoms with Gasteiger partial charge in [0.05, 0.1) is 10.7 Å². The van der Waals surface area contributed by atoms with Crippen LogP contribution in [0.1, 0.15) is 69.1 Å². The van der Waals surface area contributed by atoms with E-state index in [9.17, 15) is 19.2 Å². The number of amides is 4. The molecule has 4 N–H and O–H groups in total. The van der Waals surface area contributed by atoms with Crippen molar-refractivity contribution in [3.05, 3.63) is 63.1 Å². The van der Waals surface area contributed by atoms with Crippen LogP contribution in [0, 0.1) is 6.92 Å². The van der Waals surface area contributed by atoms with Crippen LogP contribution >= 0.6 is 23.2 Å². The van der Waals surface area contributed by atoms with E-state index in [0.717, 1.165) is 30.4 Å². The van der Waals surface area contributed by atoms with E-state index in [0.29, 0.717) is 34.3 Å². The van der Waals surface area contributed by atoms with Crippen molar-refractivity contribution in [1.82, 2.24) is 15.1 Å². The molecule has 0 unspecified atom stereocenters. The number of hydrogen-bond donors (Lipinski definition) is 3. The molecule has 2 aromatic carbocycles. The summed E-state index contributed by atoms with van der Waals surface area (Å²) in [4.78, 5) is 57.2. The molecule has 4 amide bonds. The van der Waals surface area contributed by atoms with Crippen molar-refractivity contribution in [3.8, 4) is 0 Å². The molecule has 2 aromatic rings. The maximum atomic E-state index is 13.8. The Morgan fingerprint density at radius 3 is 2.42 bits per heavy atom. The zero-order valence-electron chi connectivity index (χ0n) is 25.1. The van der Waals surface area contributed by atoms with Gasteiger partial charge in [0.1, 0.15) is 12.1 Å². The quantitative estimate of drug-likeness (QED) is 0.374. The maximum Gasteiger partial charge on any atom is 0.247 e. The van der Waals surface area contributed by atoms with Crippen LogP contribution in [0.5, 0.6) is 0 Å². The van der Waals surface area contributed by atoms with Gasteiger partial charge in [0.2, 0.25) is 23.6 Å². The fourth-order valence-electron chi connectivity index (χ4n) is 5.92. The Kier molecular flexibility index (Phi) is 10.7. The molecule has 11 heteroatoms. The second kappa shape index (κ2) is 14.1. The molecule has 232 valence electrons. The predicted molar refractivity (Wildman–Crippen MR) is 169 cm³/mol. The molecule has 0 radical (unpaired) electrons. The monoisotopic (exact) mass is 629 g/mol. The molecular formula is C32H41Cl2N5O4. The summed E-state index contributed by atoms with van der Waals surface area (Å²) in [5.74, 6) is -1.27. The zero-order valence-corrected chi connectivity index (χ0v) is 26.6. The van der Waals surface area contributed by atoms with Crippen LogP contribution in [0.25, 0.3) is 0 Å². The number of nitrogens with zero attached hydrogens (tertiary/aromatic N) is 2. The molecule has 0 bridgehead atoms. The van der Waals surface area contributed by atoms with E-state index >= 15 is 0 Å². The minimum atomic E-state index is -0.957. The number of carbonyl (C=O) groups excluding carboxylic acids is 4. The van der Waals surface area contributed by atoms with E-state index in [-0.39, 0.29) is 49.7 Å². The van der Waals surface area contributed by atoms with Crippen LogP contribution in [-0.2, 0) is 32.1 Å². The minimum Gasteiger partial charge on any atom is -0.342 e. The van der Waals surface area contributed by atoms with Gasteiger partial charge in [0.15, 0.2) is 0 Å². The van der Waals surface area contributed by atoms with Gasteiger partial charge in [0, 0.05) is 42.9 Å². The number of anilines is 1. The van der Waals surface area contributed by atoms with Crippen LogP contribution in [0.15, 0.2) is 36.4 Å². The largest absolute Gasteiger partial charge is 0.342 e. The smallest absolute Gasteiger partial charge is 0.247 e. The summed E-state index contributed by atoms with van der Waals surface area (Å²) in [6.07, 6.45) is 3.51. The van der Waals surface area contributed by atoms with Crippen LogP contribution in [0.2, 0.25) is 10.0 Å². The Morgan fingerprint density at radius 1 is 1.02 bits per heavy atom. The van der Waals surface area contributed by atoms with E-state index in [1.807, 2.05) is 29.2 Å². The molecule has 4 rings (SSSR count). The summed E-state index contributed by atoms with van der Waals surface area (Å²) in [5, 5.41) is 6.37. The van der Waals surface area contributed by atoms with Crippen molar-refractivity contribution in [2.24, 2.45) is 5.73 Å². The standard InChI is InChI=1S/C32H41Cl2N5O4/c1-20-23(33)10-11-24(29(20)34)36-30(42)25(14-16-35)37-31(43)26-18-21-8-4-5-9-22(21)19-38(26)27(40)12-13-28(41)39-17-7-6-15-32(39,2)3/h4-5,8-11,25-26H,6-7,12-19,35H2,1-3H3,(H,36,42)(H,37,43)/t25-,26-/m0/s1. The molecule has 2 atom stereocenters. The highest BCUT2D eigenvalue weighted by Crippen LogP contribution is 2.31. The number of nitrogens with two attached hydrogens (primary N) is 1. The highest BCUT2D eigenvalue weighted by Gasteiger charge is 2.37. The fourth-order valence-corrected chi connectivity index (χ4v) is 6.34. The molecule has 0 spiro atoms. The van der Waals surface area contributed by atoms with Gasteiger partial charge >= 0.3 is 0 Å². The SMILES string of the molecule is Cc1c(Cl)ccc(NC(=O)[C@H](CCN)NC(=O)[C@@H]2Cc3ccccc3CN2C(=O)CCC(=O)N2CCCCC2(C)C)c1Cl. The Labute approximate surface area is 263 Å². The second-order valence-electron chi connectivity index (χ2n) is 12.0. The Morgan fingerprint density at radius 2 is 1.72 bits per heavy atom. The van der Waals surface area contributed by atoms with Crippen LogP contribution in [-0.4, -0.2) is 64.1 Å². The first-order valence-electron chi connectivity index (χ1n) is 14.9. The van der Waals surface area contributed by atoms with Crippen molar-refractivity contribution >= 4 is 52.5 Å². The van der Waals surface area contributed by atoms with Gasteiger partial charge in [-0.05, 0) is 81.8 Å². The number of halogens is 2. The highest BCUT2D eigenvalue weighted by atomic mass is 35.5. The summed E-state index contributed by atoms with van der Waals surface area (Å²) in [6, 6.07) is 9.10.